The average molecular weight is 304 g/mol. The highest BCUT2D eigenvalue weighted by Crippen LogP contribution is 2.27. The van der Waals surface area contributed by atoms with Gasteiger partial charge in [-0.15, -0.1) is 0 Å². The van der Waals surface area contributed by atoms with Gasteiger partial charge in [0.2, 0.25) is 0 Å². The fourth-order valence-corrected chi connectivity index (χ4v) is 2.26. The summed E-state index contributed by atoms with van der Waals surface area (Å²) >= 11 is 5.95. The van der Waals surface area contributed by atoms with Crippen LogP contribution in [0.3, 0.4) is 0 Å². The Bertz CT molecular complexity index is 578. The molecule has 21 heavy (non-hydrogen) atoms. The summed E-state index contributed by atoms with van der Waals surface area (Å²) in [5.74, 6) is 2.35. The van der Waals surface area contributed by atoms with Gasteiger partial charge in [0.1, 0.15) is 11.5 Å². The van der Waals surface area contributed by atoms with E-state index < -0.39 is 0 Å². The monoisotopic (exact) mass is 303 g/mol. The van der Waals surface area contributed by atoms with Crippen molar-refractivity contribution in [3.8, 4) is 11.5 Å². The smallest absolute Gasteiger partial charge is 0.130 e. The standard InChI is InChI=1S/C18H22ClNO/c1-13(2)11-20-12-15-4-7-17(8-5-15)21-18-9-6-16(19)10-14(18)3/h4-10,13,20H,11-12H2,1-3H3. The van der Waals surface area contributed by atoms with E-state index in [0.29, 0.717) is 5.92 Å². The van der Waals surface area contributed by atoms with Crippen molar-refractivity contribution in [1.29, 1.82) is 0 Å². The van der Waals surface area contributed by atoms with Crippen LogP contribution in [0.4, 0.5) is 0 Å². The Hall–Kier alpha value is -1.51. The summed E-state index contributed by atoms with van der Waals surface area (Å²) in [7, 11) is 0. The molecule has 2 aromatic rings. The van der Waals surface area contributed by atoms with Crippen molar-refractivity contribution in [2.75, 3.05) is 6.54 Å². The Labute approximate surface area is 132 Å². The van der Waals surface area contributed by atoms with Crippen molar-refractivity contribution >= 4 is 11.6 Å². The van der Waals surface area contributed by atoms with Crippen molar-refractivity contribution in [2.24, 2.45) is 5.92 Å². The fourth-order valence-electron chi connectivity index (χ4n) is 2.03. The molecule has 0 spiro atoms. The molecular formula is C18H22ClNO. The van der Waals surface area contributed by atoms with E-state index in [0.717, 1.165) is 35.2 Å². The summed E-state index contributed by atoms with van der Waals surface area (Å²) < 4.78 is 5.88. The number of aryl methyl sites for hydroxylation is 1. The second-order valence-corrected chi connectivity index (χ2v) is 6.12. The first-order chi connectivity index (χ1) is 10.0. The number of hydrogen-bond acceptors (Lipinski definition) is 2. The summed E-state index contributed by atoms with van der Waals surface area (Å²) in [4.78, 5) is 0. The van der Waals surface area contributed by atoms with Crippen LogP contribution in [0.2, 0.25) is 5.02 Å². The molecule has 0 saturated carbocycles. The van der Waals surface area contributed by atoms with Crippen LogP contribution in [-0.4, -0.2) is 6.54 Å². The molecule has 2 rings (SSSR count). The van der Waals surface area contributed by atoms with E-state index in [2.05, 4.69) is 31.3 Å². The maximum Gasteiger partial charge on any atom is 0.130 e. The molecule has 0 saturated heterocycles. The third kappa shape index (κ3) is 5.07. The minimum Gasteiger partial charge on any atom is -0.457 e. The van der Waals surface area contributed by atoms with E-state index in [1.54, 1.807) is 0 Å². The third-order valence-electron chi connectivity index (χ3n) is 3.17. The van der Waals surface area contributed by atoms with Crippen LogP contribution in [0, 0.1) is 12.8 Å². The lowest BCUT2D eigenvalue weighted by Crippen LogP contribution is -2.18. The summed E-state index contributed by atoms with van der Waals surface area (Å²) in [6.45, 7) is 8.32. The van der Waals surface area contributed by atoms with Crippen molar-refractivity contribution in [3.63, 3.8) is 0 Å². The number of hydrogen-bond donors (Lipinski definition) is 1. The van der Waals surface area contributed by atoms with Gasteiger partial charge in [0, 0.05) is 11.6 Å². The van der Waals surface area contributed by atoms with Crippen molar-refractivity contribution < 1.29 is 4.74 Å². The number of nitrogens with one attached hydrogen (secondary N) is 1. The highest BCUT2D eigenvalue weighted by Gasteiger charge is 2.02. The predicted octanol–water partition coefficient (Wildman–Crippen LogP) is 5.19. The molecule has 0 amide bonds. The van der Waals surface area contributed by atoms with Gasteiger partial charge in [-0.3, -0.25) is 0 Å². The van der Waals surface area contributed by atoms with Gasteiger partial charge in [0.15, 0.2) is 0 Å². The maximum absolute atomic E-state index is 5.95. The molecule has 0 fully saturated rings. The minimum absolute atomic E-state index is 0.667. The zero-order valence-corrected chi connectivity index (χ0v) is 13.6. The Balaban J connectivity index is 1.95. The SMILES string of the molecule is Cc1cc(Cl)ccc1Oc1ccc(CNCC(C)C)cc1. The van der Waals surface area contributed by atoms with Crippen LogP contribution < -0.4 is 10.1 Å². The van der Waals surface area contributed by atoms with Gasteiger partial charge < -0.3 is 10.1 Å². The first kappa shape index (κ1) is 15.9. The largest absolute Gasteiger partial charge is 0.457 e. The molecule has 0 bridgehead atoms. The molecule has 0 heterocycles. The van der Waals surface area contributed by atoms with E-state index >= 15 is 0 Å². The molecular weight excluding hydrogens is 282 g/mol. The number of halogens is 1. The highest BCUT2D eigenvalue weighted by molar-refractivity contribution is 6.30. The highest BCUT2D eigenvalue weighted by atomic mass is 35.5. The molecule has 0 aliphatic rings. The van der Waals surface area contributed by atoms with E-state index in [4.69, 9.17) is 16.3 Å². The van der Waals surface area contributed by atoms with Crippen molar-refractivity contribution in [3.05, 3.63) is 58.6 Å². The molecule has 0 aromatic heterocycles. The Morgan fingerprint density at radius 1 is 1.10 bits per heavy atom. The lowest BCUT2D eigenvalue weighted by molar-refractivity contribution is 0.478. The average Bonchev–Trinajstić information content (AvgIpc) is 2.43. The second-order valence-electron chi connectivity index (χ2n) is 5.68. The minimum atomic E-state index is 0.667. The topological polar surface area (TPSA) is 21.3 Å². The van der Waals surface area contributed by atoms with Crippen LogP contribution >= 0.6 is 11.6 Å². The Kier molecular flexibility index (Phi) is 5.66. The third-order valence-corrected chi connectivity index (χ3v) is 3.40. The molecule has 0 atom stereocenters. The van der Waals surface area contributed by atoms with Gasteiger partial charge >= 0.3 is 0 Å². The van der Waals surface area contributed by atoms with E-state index in [1.807, 2.05) is 37.3 Å². The summed E-state index contributed by atoms with van der Waals surface area (Å²) in [5, 5.41) is 4.16. The van der Waals surface area contributed by atoms with E-state index in [-0.39, 0.29) is 0 Å². The second kappa shape index (κ2) is 7.48. The molecule has 0 unspecified atom stereocenters. The molecule has 112 valence electrons. The molecule has 0 aliphatic heterocycles. The van der Waals surface area contributed by atoms with Gasteiger partial charge in [-0.1, -0.05) is 37.6 Å². The summed E-state index contributed by atoms with van der Waals surface area (Å²) in [6, 6.07) is 13.8. The van der Waals surface area contributed by atoms with Gasteiger partial charge in [-0.05, 0) is 60.8 Å². The first-order valence-corrected chi connectivity index (χ1v) is 7.66. The molecule has 3 heteroatoms. The quantitative estimate of drug-likeness (QED) is 0.793. The number of benzene rings is 2. The van der Waals surface area contributed by atoms with E-state index in [1.165, 1.54) is 5.56 Å². The van der Waals surface area contributed by atoms with Gasteiger partial charge in [0.25, 0.3) is 0 Å². The fraction of sp³-hybridized carbons (Fsp3) is 0.333. The van der Waals surface area contributed by atoms with Crippen molar-refractivity contribution in [2.45, 2.75) is 27.3 Å². The zero-order chi connectivity index (χ0) is 15.2. The summed E-state index contributed by atoms with van der Waals surface area (Å²) in [5.41, 5.74) is 2.29. The van der Waals surface area contributed by atoms with Crippen molar-refractivity contribution in [1.82, 2.24) is 5.32 Å². The molecule has 1 N–H and O–H groups in total. The predicted molar refractivity (Wildman–Crippen MR) is 89.2 cm³/mol. The van der Waals surface area contributed by atoms with E-state index in [9.17, 15) is 0 Å². The lowest BCUT2D eigenvalue weighted by Gasteiger charge is -2.10. The lowest BCUT2D eigenvalue weighted by atomic mass is 10.2. The number of ether oxygens (including phenoxy) is 1. The van der Waals surface area contributed by atoms with Gasteiger partial charge in [0.05, 0.1) is 0 Å². The summed E-state index contributed by atoms with van der Waals surface area (Å²) in [6.07, 6.45) is 0. The van der Waals surface area contributed by atoms with Crippen LogP contribution in [0.5, 0.6) is 11.5 Å². The van der Waals surface area contributed by atoms with Crippen LogP contribution in [0.25, 0.3) is 0 Å². The maximum atomic E-state index is 5.95. The molecule has 2 nitrogen and oxygen atoms in total. The molecule has 2 aromatic carbocycles. The normalized spacial score (nSPS) is 10.9. The first-order valence-electron chi connectivity index (χ1n) is 7.28. The zero-order valence-electron chi connectivity index (χ0n) is 12.8. The van der Waals surface area contributed by atoms with Crippen LogP contribution in [0.1, 0.15) is 25.0 Å². The Morgan fingerprint density at radius 2 is 1.81 bits per heavy atom. The van der Waals surface area contributed by atoms with Gasteiger partial charge in [-0.2, -0.15) is 0 Å². The molecule has 0 radical (unpaired) electrons. The van der Waals surface area contributed by atoms with Gasteiger partial charge in [-0.25, -0.2) is 0 Å². The molecule has 0 aliphatic carbocycles. The van der Waals surface area contributed by atoms with Crippen LogP contribution in [-0.2, 0) is 6.54 Å². The van der Waals surface area contributed by atoms with Crippen LogP contribution in [0.15, 0.2) is 42.5 Å². The Morgan fingerprint density at radius 3 is 2.43 bits per heavy atom. The number of rotatable bonds is 6.